The average Bonchev–Trinajstić information content (AvgIpc) is 3.22. The van der Waals surface area contributed by atoms with E-state index in [1.54, 1.807) is 24.8 Å². The van der Waals surface area contributed by atoms with E-state index in [1.807, 2.05) is 72.8 Å². The number of hydrogen-bond donors (Lipinski definition) is 0. The molecule has 7 nitrogen and oxygen atoms in total. The molecule has 0 fully saturated rings. The van der Waals surface area contributed by atoms with Crippen molar-refractivity contribution in [1.29, 1.82) is 0 Å². The number of benzene rings is 1. The Morgan fingerprint density at radius 2 is 0.863 bits per heavy atom. The monoisotopic (exact) mass is 668 g/mol. The second-order valence-corrected chi connectivity index (χ2v) is 12.6. The van der Waals surface area contributed by atoms with Gasteiger partial charge in [-0.1, -0.05) is 57.4 Å². The molecule has 0 N–H and O–H groups in total. The van der Waals surface area contributed by atoms with Crippen molar-refractivity contribution >= 4 is 0 Å². The number of hydrogen-bond acceptors (Lipinski definition) is 7. The van der Waals surface area contributed by atoms with E-state index >= 15 is 0 Å². The first-order valence-electron chi connectivity index (χ1n) is 17.6. The summed E-state index contributed by atoms with van der Waals surface area (Å²) in [5.74, 6) is 1.29. The van der Waals surface area contributed by atoms with Crippen molar-refractivity contribution in [2.24, 2.45) is 5.92 Å². The average molecular weight is 669 g/mol. The molecule has 7 heteroatoms. The van der Waals surface area contributed by atoms with Gasteiger partial charge in [-0.05, 0) is 126 Å². The maximum atomic E-state index is 6.66. The molecule has 0 saturated heterocycles. The third kappa shape index (κ3) is 8.22. The van der Waals surface area contributed by atoms with Gasteiger partial charge in [0.05, 0.1) is 52.2 Å². The van der Waals surface area contributed by atoms with Crippen LogP contribution in [0.15, 0.2) is 140 Å². The van der Waals surface area contributed by atoms with Gasteiger partial charge in [-0.25, -0.2) is 9.97 Å². The predicted octanol–water partition coefficient (Wildman–Crippen LogP) is 10.7. The lowest BCUT2D eigenvalue weighted by Gasteiger charge is -2.18. The molecule has 1 unspecified atom stereocenters. The van der Waals surface area contributed by atoms with E-state index in [0.29, 0.717) is 12.5 Å². The summed E-state index contributed by atoms with van der Waals surface area (Å²) >= 11 is 0. The number of aromatic nitrogens is 6. The van der Waals surface area contributed by atoms with E-state index in [-0.39, 0.29) is 0 Å². The maximum Gasteiger partial charge on any atom is 0.120 e. The predicted molar refractivity (Wildman–Crippen MR) is 205 cm³/mol. The highest BCUT2D eigenvalue weighted by Crippen LogP contribution is 2.37. The summed E-state index contributed by atoms with van der Waals surface area (Å²) in [6.45, 7) is 5.14. The van der Waals surface area contributed by atoms with E-state index in [0.717, 1.165) is 86.4 Å². The van der Waals surface area contributed by atoms with Crippen molar-refractivity contribution in [1.82, 2.24) is 29.9 Å². The molecule has 0 spiro atoms. The lowest BCUT2D eigenvalue weighted by Crippen LogP contribution is -2.11. The molecule has 252 valence electrons. The van der Waals surface area contributed by atoms with Gasteiger partial charge in [-0.2, -0.15) is 0 Å². The fourth-order valence-corrected chi connectivity index (χ4v) is 6.10. The van der Waals surface area contributed by atoms with Crippen molar-refractivity contribution in [3.8, 4) is 73.6 Å². The maximum absolute atomic E-state index is 6.66. The minimum Gasteiger partial charge on any atom is -0.493 e. The van der Waals surface area contributed by atoms with Crippen LogP contribution in [0.1, 0.15) is 39.5 Å². The van der Waals surface area contributed by atoms with Crippen LogP contribution in [0.5, 0.6) is 5.75 Å². The van der Waals surface area contributed by atoms with Crippen molar-refractivity contribution < 1.29 is 4.74 Å². The van der Waals surface area contributed by atoms with Crippen LogP contribution >= 0.6 is 0 Å². The standard InChI is InChI=1S/C44H40N6O/c1-3-5-14-31(4-2)30-51-36-24-32(34-26-41(37-15-6-10-19-45-37)49-42(27-34)38-16-7-11-20-46-38)23-33(25-36)35-28-43(39-17-8-12-21-47-39)50-44(29-35)40-18-9-13-22-48-40/h6-13,15-29,31H,3-5,14,30H2,1-2H3. The van der Waals surface area contributed by atoms with E-state index in [4.69, 9.17) is 14.7 Å². The molecule has 6 aromatic heterocycles. The molecule has 1 aromatic carbocycles. The van der Waals surface area contributed by atoms with Gasteiger partial charge in [-0.15, -0.1) is 0 Å². The minimum absolute atomic E-state index is 0.483. The van der Waals surface area contributed by atoms with Crippen LogP contribution < -0.4 is 4.74 Å². The second kappa shape index (κ2) is 16.1. The fraction of sp³-hybridized carbons (Fsp3) is 0.182. The molecule has 1 atom stereocenters. The first kappa shape index (κ1) is 33.4. The Labute approximate surface area is 299 Å². The van der Waals surface area contributed by atoms with Gasteiger partial charge in [0.15, 0.2) is 0 Å². The van der Waals surface area contributed by atoms with Crippen LogP contribution in [-0.2, 0) is 0 Å². The zero-order chi connectivity index (χ0) is 34.8. The molecular weight excluding hydrogens is 629 g/mol. The Morgan fingerprint density at radius 1 is 0.471 bits per heavy atom. The fourth-order valence-electron chi connectivity index (χ4n) is 6.10. The molecule has 6 heterocycles. The Hall–Kier alpha value is -6.08. The van der Waals surface area contributed by atoms with Crippen molar-refractivity contribution in [2.75, 3.05) is 6.61 Å². The summed E-state index contributed by atoms with van der Waals surface area (Å²) in [4.78, 5) is 28.6. The molecule has 51 heavy (non-hydrogen) atoms. The number of ether oxygens (including phenoxy) is 1. The summed E-state index contributed by atoms with van der Waals surface area (Å²) in [6, 6.07) is 38.4. The van der Waals surface area contributed by atoms with Crippen LogP contribution in [0.2, 0.25) is 0 Å². The highest BCUT2D eigenvalue weighted by Gasteiger charge is 2.16. The molecule has 0 amide bonds. The zero-order valence-corrected chi connectivity index (χ0v) is 29.0. The van der Waals surface area contributed by atoms with Crippen molar-refractivity contribution in [3.05, 3.63) is 140 Å². The molecule has 0 aliphatic rings. The first-order valence-corrected chi connectivity index (χ1v) is 17.6. The minimum atomic E-state index is 0.483. The zero-order valence-electron chi connectivity index (χ0n) is 29.0. The number of unbranched alkanes of at least 4 members (excludes halogenated alkanes) is 1. The molecule has 0 saturated carbocycles. The molecule has 0 aliphatic carbocycles. The second-order valence-electron chi connectivity index (χ2n) is 12.6. The van der Waals surface area contributed by atoms with E-state index in [2.05, 4.69) is 76.2 Å². The topological polar surface area (TPSA) is 86.6 Å². The molecular formula is C44H40N6O. The third-order valence-corrected chi connectivity index (χ3v) is 8.96. The SMILES string of the molecule is CCCCC(CC)COc1cc(-c2cc(-c3ccccn3)nc(-c3ccccn3)c2)cc(-c2cc(-c3ccccn3)nc(-c3ccccn3)c2)c1. The van der Waals surface area contributed by atoms with Gasteiger partial charge in [0.25, 0.3) is 0 Å². The molecule has 7 rings (SSSR count). The summed E-state index contributed by atoms with van der Waals surface area (Å²) in [6.07, 6.45) is 11.8. The van der Waals surface area contributed by atoms with Crippen LogP contribution in [-0.4, -0.2) is 36.5 Å². The van der Waals surface area contributed by atoms with Crippen molar-refractivity contribution in [3.63, 3.8) is 0 Å². The van der Waals surface area contributed by atoms with E-state index in [9.17, 15) is 0 Å². The van der Waals surface area contributed by atoms with Gasteiger partial charge in [-0.3, -0.25) is 19.9 Å². The van der Waals surface area contributed by atoms with Crippen LogP contribution in [0.3, 0.4) is 0 Å². The normalized spacial score (nSPS) is 11.6. The first-order chi connectivity index (χ1) is 25.2. The summed E-state index contributed by atoms with van der Waals surface area (Å²) in [5.41, 5.74) is 10.2. The number of pyridine rings is 6. The highest BCUT2D eigenvalue weighted by atomic mass is 16.5. The Balaban J connectivity index is 1.40. The van der Waals surface area contributed by atoms with E-state index in [1.165, 1.54) is 12.8 Å². The quantitative estimate of drug-likeness (QED) is 0.121. The Bertz CT molecular complexity index is 1920. The van der Waals surface area contributed by atoms with E-state index < -0.39 is 0 Å². The lowest BCUT2D eigenvalue weighted by atomic mass is 9.96. The molecule has 0 radical (unpaired) electrons. The Morgan fingerprint density at radius 3 is 1.20 bits per heavy atom. The van der Waals surface area contributed by atoms with Gasteiger partial charge >= 0.3 is 0 Å². The van der Waals surface area contributed by atoms with Crippen LogP contribution in [0.25, 0.3) is 67.8 Å². The van der Waals surface area contributed by atoms with Crippen LogP contribution in [0, 0.1) is 5.92 Å². The summed E-state index contributed by atoms with van der Waals surface area (Å²) in [5, 5.41) is 0. The largest absolute Gasteiger partial charge is 0.493 e. The summed E-state index contributed by atoms with van der Waals surface area (Å²) in [7, 11) is 0. The third-order valence-electron chi connectivity index (χ3n) is 8.96. The number of nitrogens with zero attached hydrogens (tertiary/aromatic N) is 6. The highest BCUT2D eigenvalue weighted by molar-refractivity contribution is 5.82. The molecule has 0 aliphatic heterocycles. The van der Waals surface area contributed by atoms with Gasteiger partial charge in [0.1, 0.15) is 5.75 Å². The smallest absolute Gasteiger partial charge is 0.120 e. The van der Waals surface area contributed by atoms with Crippen molar-refractivity contribution in [2.45, 2.75) is 39.5 Å². The summed E-state index contributed by atoms with van der Waals surface area (Å²) < 4.78 is 6.66. The molecule has 0 bridgehead atoms. The molecule has 7 aromatic rings. The van der Waals surface area contributed by atoms with Crippen LogP contribution in [0.4, 0.5) is 0 Å². The lowest BCUT2D eigenvalue weighted by molar-refractivity contribution is 0.233. The number of rotatable bonds is 13. The van der Waals surface area contributed by atoms with Gasteiger partial charge in [0.2, 0.25) is 0 Å². The Kier molecular flexibility index (Phi) is 10.5. The van der Waals surface area contributed by atoms with Gasteiger partial charge < -0.3 is 4.74 Å². The van der Waals surface area contributed by atoms with Gasteiger partial charge in [0, 0.05) is 24.8 Å².